The van der Waals surface area contributed by atoms with Crippen LogP contribution in [0.25, 0.3) is 5.57 Å². The van der Waals surface area contributed by atoms with Crippen molar-refractivity contribution in [2.75, 3.05) is 5.73 Å². The summed E-state index contributed by atoms with van der Waals surface area (Å²) in [5.41, 5.74) is 14.2. The van der Waals surface area contributed by atoms with Gasteiger partial charge in [0, 0.05) is 5.69 Å². The smallest absolute Gasteiger partial charge is 0.0314 e. The van der Waals surface area contributed by atoms with Crippen molar-refractivity contribution >= 4 is 11.3 Å². The highest BCUT2D eigenvalue weighted by molar-refractivity contribution is 5.86. The fourth-order valence-corrected chi connectivity index (χ4v) is 3.46. The molecule has 1 heteroatoms. The number of benzene rings is 3. The molecule has 1 nitrogen and oxygen atoms in total. The molecule has 0 radical (unpaired) electrons. The summed E-state index contributed by atoms with van der Waals surface area (Å²) in [6.45, 7) is 0. The van der Waals surface area contributed by atoms with Crippen LogP contribution >= 0.6 is 0 Å². The molecular formula is C26H23N. The first-order valence-electron chi connectivity index (χ1n) is 9.36. The second-order valence-electron chi connectivity index (χ2n) is 6.85. The van der Waals surface area contributed by atoms with Crippen LogP contribution in [0.2, 0.25) is 0 Å². The van der Waals surface area contributed by atoms with Gasteiger partial charge in [0.25, 0.3) is 0 Å². The van der Waals surface area contributed by atoms with E-state index in [1.165, 1.54) is 33.4 Å². The second kappa shape index (κ2) is 7.92. The third kappa shape index (κ3) is 4.09. The number of nitrogens with two attached hydrogens (primary N) is 1. The molecule has 1 aliphatic carbocycles. The van der Waals surface area contributed by atoms with Crippen molar-refractivity contribution < 1.29 is 0 Å². The molecular weight excluding hydrogens is 326 g/mol. The third-order valence-corrected chi connectivity index (χ3v) is 4.85. The van der Waals surface area contributed by atoms with Gasteiger partial charge in [-0.05, 0) is 58.4 Å². The molecule has 0 saturated heterocycles. The molecule has 0 heterocycles. The molecule has 27 heavy (non-hydrogen) atoms. The lowest BCUT2D eigenvalue weighted by Crippen LogP contribution is -1.95. The van der Waals surface area contributed by atoms with Crippen LogP contribution in [-0.4, -0.2) is 0 Å². The first-order valence-corrected chi connectivity index (χ1v) is 9.36. The van der Waals surface area contributed by atoms with Crippen LogP contribution in [0, 0.1) is 0 Å². The summed E-state index contributed by atoms with van der Waals surface area (Å²) in [5, 5.41) is 0. The molecule has 0 fully saturated rings. The summed E-state index contributed by atoms with van der Waals surface area (Å²) in [7, 11) is 0. The van der Waals surface area contributed by atoms with E-state index < -0.39 is 0 Å². The minimum absolute atomic E-state index is 0.788. The Kier molecular flexibility index (Phi) is 5.02. The van der Waals surface area contributed by atoms with E-state index in [0.717, 1.165) is 18.5 Å². The van der Waals surface area contributed by atoms with Crippen LogP contribution in [0.3, 0.4) is 0 Å². The van der Waals surface area contributed by atoms with Crippen LogP contribution in [0.1, 0.15) is 28.7 Å². The number of nitrogen functional groups attached to an aromatic ring is 1. The van der Waals surface area contributed by atoms with Crippen LogP contribution in [0.15, 0.2) is 109 Å². The van der Waals surface area contributed by atoms with Crippen LogP contribution in [-0.2, 0) is 6.42 Å². The maximum absolute atomic E-state index is 5.89. The van der Waals surface area contributed by atoms with Crippen molar-refractivity contribution in [2.45, 2.75) is 12.8 Å². The number of hydrogen-bond acceptors (Lipinski definition) is 1. The van der Waals surface area contributed by atoms with E-state index in [1.807, 2.05) is 12.1 Å². The molecule has 0 saturated carbocycles. The normalized spacial score (nSPS) is 13.0. The zero-order valence-corrected chi connectivity index (χ0v) is 15.3. The molecule has 0 spiro atoms. The van der Waals surface area contributed by atoms with Gasteiger partial charge in [0.2, 0.25) is 0 Å². The zero-order chi connectivity index (χ0) is 18.5. The molecule has 132 valence electrons. The molecule has 2 N–H and O–H groups in total. The van der Waals surface area contributed by atoms with Gasteiger partial charge in [-0.25, -0.2) is 0 Å². The Morgan fingerprint density at radius 3 is 1.85 bits per heavy atom. The molecule has 0 aliphatic heterocycles. The van der Waals surface area contributed by atoms with Gasteiger partial charge in [0.1, 0.15) is 0 Å². The van der Waals surface area contributed by atoms with Crippen LogP contribution in [0.5, 0.6) is 0 Å². The summed E-state index contributed by atoms with van der Waals surface area (Å²) >= 11 is 0. The first kappa shape index (κ1) is 17.1. The maximum Gasteiger partial charge on any atom is 0.0314 e. The standard InChI is InChI=1S/C26H23N/c27-25-17-15-24(16-18-25)26(22-9-5-2-6-10-22)23-13-11-21(12-14-23)19-20-7-3-1-4-8-20/h1,3-18H,2,19,27H2. The second-order valence-corrected chi connectivity index (χ2v) is 6.85. The Morgan fingerprint density at radius 1 is 0.667 bits per heavy atom. The van der Waals surface area contributed by atoms with Crippen LogP contribution < -0.4 is 5.73 Å². The molecule has 0 unspecified atom stereocenters. The van der Waals surface area contributed by atoms with E-state index in [0.29, 0.717) is 0 Å². The zero-order valence-electron chi connectivity index (χ0n) is 15.3. The van der Waals surface area contributed by atoms with Gasteiger partial charge >= 0.3 is 0 Å². The molecule has 0 aromatic heterocycles. The van der Waals surface area contributed by atoms with Gasteiger partial charge in [-0.3, -0.25) is 0 Å². The Labute approximate surface area is 161 Å². The fraction of sp³-hybridized carbons (Fsp3) is 0.0769. The fourth-order valence-electron chi connectivity index (χ4n) is 3.46. The Hall–Kier alpha value is -3.32. The van der Waals surface area contributed by atoms with Gasteiger partial charge in [-0.15, -0.1) is 0 Å². The highest BCUT2D eigenvalue weighted by Crippen LogP contribution is 2.30. The number of rotatable bonds is 4. The number of hydrogen-bond donors (Lipinski definition) is 1. The lowest BCUT2D eigenvalue weighted by Gasteiger charge is -2.14. The average Bonchev–Trinajstić information content (AvgIpc) is 2.73. The monoisotopic (exact) mass is 349 g/mol. The van der Waals surface area contributed by atoms with Crippen molar-refractivity contribution in [1.29, 1.82) is 0 Å². The van der Waals surface area contributed by atoms with Crippen LogP contribution in [0.4, 0.5) is 5.69 Å². The van der Waals surface area contributed by atoms with Gasteiger partial charge in [-0.2, -0.15) is 0 Å². The van der Waals surface area contributed by atoms with Gasteiger partial charge < -0.3 is 5.73 Å². The summed E-state index contributed by atoms with van der Waals surface area (Å²) in [4.78, 5) is 0. The Morgan fingerprint density at radius 2 is 1.22 bits per heavy atom. The molecule has 4 rings (SSSR count). The summed E-state index contributed by atoms with van der Waals surface area (Å²) < 4.78 is 0. The predicted octanol–water partition coefficient (Wildman–Crippen LogP) is 6.18. The highest BCUT2D eigenvalue weighted by Gasteiger charge is 2.10. The van der Waals surface area contributed by atoms with Crippen molar-refractivity contribution in [3.8, 4) is 0 Å². The highest BCUT2D eigenvalue weighted by atomic mass is 14.5. The molecule has 3 aromatic carbocycles. The first-order chi connectivity index (χ1) is 13.3. The molecule has 0 amide bonds. The van der Waals surface area contributed by atoms with Gasteiger partial charge in [0.05, 0.1) is 0 Å². The topological polar surface area (TPSA) is 26.0 Å². The van der Waals surface area contributed by atoms with Gasteiger partial charge in [-0.1, -0.05) is 91.0 Å². The van der Waals surface area contributed by atoms with E-state index in [4.69, 9.17) is 5.73 Å². The SMILES string of the molecule is Nc1ccc(C(=C2C=CCC=C2)c2ccc(Cc3ccccc3)cc2)cc1. The largest absolute Gasteiger partial charge is 0.399 e. The summed E-state index contributed by atoms with van der Waals surface area (Å²) in [6.07, 6.45) is 10.8. The van der Waals surface area contributed by atoms with Crippen molar-refractivity contribution in [3.63, 3.8) is 0 Å². The van der Waals surface area contributed by atoms with E-state index in [2.05, 4.69) is 91.0 Å². The third-order valence-electron chi connectivity index (χ3n) is 4.85. The van der Waals surface area contributed by atoms with E-state index in [9.17, 15) is 0 Å². The van der Waals surface area contributed by atoms with Crippen molar-refractivity contribution in [3.05, 3.63) is 131 Å². The molecule has 0 atom stereocenters. The minimum atomic E-state index is 0.788. The van der Waals surface area contributed by atoms with Crippen molar-refractivity contribution in [1.82, 2.24) is 0 Å². The predicted molar refractivity (Wildman–Crippen MR) is 115 cm³/mol. The van der Waals surface area contributed by atoms with Gasteiger partial charge in [0.15, 0.2) is 0 Å². The summed E-state index contributed by atoms with van der Waals surface area (Å²) in [6, 6.07) is 27.7. The van der Waals surface area contributed by atoms with Crippen molar-refractivity contribution in [2.24, 2.45) is 0 Å². The quantitative estimate of drug-likeness (QED) is 0.559. The lowest BCUT2D eigenvalue weighted by molar-refractivity contribution is 1.19. The molecule has 0 bridgehead atoms. The lowest BCUT2D eigenvalue weighted by atomic mass is 9.90. The number of allylic oxidation sites excluding steroid dienone is 5. The average molecular weight is 349 g/mol. The van der Waals surface area contributed by atoms with E-state index in [1.54, 1.807) is 0 Å². The van der Waals surface area contributed by atoms with E-state index >= 15 is 0 Å². The molecule has 1 aliphatic rings. The van der Waals surface area contributed by atoms with E-state index in [-0.39, 0.29) is 0 Å². The number of anilines is 1. The maximum atomic E-state index is 5.89. The summed E-state index contributed by atoms with van der Waals surface area (Å²) in [5.74, 6) is 0. The Balaban J connectivity index is 1.70. The Bertz CT molecular complexity index is 974. The molecule has 3 aromatic rings. The minimum Gasteiger partial charge on any atom is -0.399 e.